The number of hydrogen-bond acceptors (Lipinski definition) is 3. The van der Waals surface area contributed by atoms with Gasteiger partial charge in [-0.05, 0) is 18.9 Å². The Balaban J connectivity index is 1.84. The summed E-state index contributed by atoms with van der Waals surface area (Å²) in [5, 5.41) is 0. The summed E-state index contributed by atoms with van der Waals surface area (Å²) < 4.78 is 5.11. The molecule has 2 rings (SSSR count). The SMILES string of the molecule is COc1cccc(CCN=C(N)N2CCCCCC2)n1. The van der Waals surface area contributed by atoms with Crippen LogP contribution in [0.4, 0.5) is 0 Å². The summed E-state index contributed by atoms with van der Waals surface area (Å²) >= 11 is 0. The van der Waals surface area contributed by atoms with E-state index in [0.717, 1.165) is 25.2 Å². The Hall–Kier alpha value is -1.78. The maximum Gasteiger partial charge on any atom is 0.213 e. The Morgan fingerprint density at radius 3 is 2.75 bits per heavy atom. The predicted molar refractivity (Wildman–Crippen MR) is 81.0 cm³/mol. The molecule has 0 atom stereocenters. The average molecular weight is 276 g/mol. The van der Waals surface area contributed by atoms with Crippen molar-refractivity contribution in [3.8, 4) is 5.88 Å². The highest BCUT2D eigenvalue weighted by molar-refractivity contribution is 5.78. The van der Waals surface area contributed by atoms with Crippen LogP contribution in [0.1, 0.15) is 31.4 Å². The minimum absolute atomic E-state index is 0.645. The Morgan fingerprint density at radius 1 is 1.30 bits per heavy atom. The van der Waals surface area contributed by atoms with Crippen LogP contribution in [0.3, 0.4) is 0 Å². The number of nitrogens with two attached hydrogens (primary N) is 1. The van der Waals surface area contributed by atoms with Gasteiger partial charge in [0.15, 0.2) is 5.96 Å². The van der Waals surface area contributed by atoms with Gasteiger partial charge in [-0.3, -0.25) is 4.99 Å². The third-order valence-electron chi connectivity index (χ3n) is 3.56. The van der Waals surface area contributed by atoms with Gasteiger partial charge in [0.05, 0.1) is 7.11 Å². The van der Waals surface area contributed by atoms with Crippen molar-refractivity contribution in [1.82, 2.24) is 9.88 Å². The molecule has 20 heavy (non-hydrogen) atoms. The fourth-order valence-electron chi connectivity index (χ4n) is 2.40. The van der Waals surface area contributed by atoms with Crippen molar-refractivity contribution >= 4 is 5.96 Å². The van der Waals surface area contributed by atoms with E-state index in [0.29, 0.717) is 18.4 Å². The molecular weight excluding hydrogens is 252 g/mol. The Bertz CT molecular complexity index is 439. The molecule has 0 aliphatic carbocycles. The highest BCUT2D eigenvalue weighted by atomic mass is 16.5. The third kappa shape index (κ3) is 4.40. The van der Waals surface area contributed by atoms with Crippen molar-refractivity contribution in [2.45, 2.75) is 32.1 Å². The molecule has 1 aliphatic heterocycles. The van der Waals surface area contributed by atoms with Gasteiger partial charge < -0.3 is 15.4 Å². The fraction of sp³-hybridized carbons (Fsp3) is 0.600. The summed E-state index contributed by atoms with van der Waals surface area (Å²) in [6.45, 7) is 2.74. The molecule has 1 aromatic heterocycles. The number of nitrogens with zero attached hydrogens (tertiary/aromatic N) is 3. The van der Waals surface area contributed by atoms with Gasteiger partial charge in [0.25, 0.3) is 0 Å². The Kier molecular flexibility index (Phi) is 5.65. The number of pyridine rings is 1. The first-order valence-electron chi connectivity index (χ1n) is 7.34. The quantitative estimate of drug-likeness (QED) is 0.673. The molecule has 0 radical (unpaired) electrons. The van der Waals surface area contributed by atoms with Crippen LogP contribution < -0.4 is 10.5 Å². The van der Waals surface area contributed by atoms with Gasteiger partial charge in [-0.25, -0.2) is 4.98 Å². The van der Waals surface area contributed by atoms with Gasteiger partial charge in [-0.2, -0.15) is 0 Å². The number of ether oxygens (including phenoxy) is 1. The predicted octanol–water partition coefficient (Wildman–Crippen LogP) is 1.82. The minimum Gasteiger partial charge on any atom is -0.481 e. The fourth-order valence-corrected chi connectivity index (χ4v) is 2.40. The number of rotatable bonds is 4. The zero-order chi connectivity index (χ0) is 14.2. The van der Waals surface area contributed by atoms with Gasteiger partial charge in [0.2, 0.25) is 5.88 Å². The molecule has 5 nitrogen and oxygen atoms in total. The van der Waals surface area contributed by atoms with Gasteiger partial charge in [0, 0.05) is 37.8 Å². The van der Waals surface area contributed by atoms with E-state index < -0.39 is 0 Å². The third-order valence-corrected chi connectivity index (χ3v) is 3.56. The van der Waals surface area contributed by atoms with Crippen molar-refractivity contribution in [1.29, 1.82) is 0 Å². The summed E-state index contributed by atoms with van der Waals surface area (Å²) in [7, 11) is 1.63. The second-order valence-corrected chi connectivity index (χ2v) is 5.06. The second kappa shape index (κ2) is 7.72. The lowest BCUT2D eigenvalue weighted by molar-refractivity contribution is 0.396. The van der Waals surface area contributed by atoms with Crippen LogP contribution in [-0.2, 0) is 6.42 Å². The molecule has 2 heterocycles. The lowest BCUT2D eigenvalue weighted by Gasteiger charge is -2.21. The van der Waals surface area contributed by atoms with E-state index in [4.69, 9.17) is 10.5 Å². The highest BCUT2D eigenvalue weighted by Crippen LogP contribution is 2.10. The summed E-state index contributed by atoms with van der Waals surface area (Å²) in [5.41, 5.74) is 7.05. The molecule has 110 valence electrons. The van der Waals surface area contributed by atoms with Crippen molar-refractivity contribution < 1.29 is 4.74 Å². The summed E-state index contributed by atoms with van der Waals surface area (Å²) in [5.74, 6) is 1.32. The monoisotopic (exact) mass is 276 g/mol. The van der Waals surface area contributed by atoms with Crippen LogP contribution in [0.5, 0.6) is 5.88 Å². The maximum absolute atomic E-state index is 6.07. The van der Waals surface area contributed by atoms with Crippen molar-refractivity contribution in [2.75, 3.05) is 26.7 Å². The molecule has 0 bridgehead atoms. The molecular formula is C15H24N4O. The van der Waals surface area contributed by atoms with Crippen LogP contribution >= 0.6 is 0 Å². The van der Waals surface area contributed by atoms with E-state index in [-0.39, 0.29) is 0 Å². The van der Waals surface area contributed by atoms with Gasteiger partial charge >= 0.3 is 0 Å². The second-order valence-electron chi connectivity index (χ2n) is 5.06. The zero-order valence-corrected chi connectivity index (χ0v) is 12.2. The van der Waals surface area contributed by atoms with E-state index in [9.17, 15) is 0 Å². The maximum atomic E-state index is 6.07. The normalized spacial score (nSPS) is 16.9. The number of likely N-dealkylation sites (tertiary alicyclic amines) is 1. The first-order chi connectivity index (χ1) is 9.79. The van der Waals surface area contributed by atoms with Gasteiger partial charge in [-0.1, -0.05) is 18.9 Å². The Labute approximate surface area is 120 Å². The standard InChI is InChI=1S/C15H24N4O/c1-20-14-8-6-7-13(18-14)9-10-17-15(16)19-11-4-2-3-5-12-19/h6-8H,2-5,9-12H2,1H3,(H2,16,17). The number of aromatic nitrogens is 1. The van der Waals surface area contributed by atoms with Crippen molar-refractivity contribution in [3.63, 3.8) is 0 Å². The van der Waals surface area contributed by atoms with E-state index in [1.165, 1.54) is 25.7 Å². The molecule has 1 saturated heterocycles. The molecule has 2 N–H and O–H groups in total. The molecule has 5 heteroatoms. The molecule has 0 unspecified atom stereocenters. The number of aliphatic imine (C=N–C) groups is 1. The smallest absolute Gasteiger partial charge is 0.213 e. The van der Waals surface area contributed by atoms with Crippen LogP contribution in [0.25, 0.3) is 0 Å². The van der Waals surface area contributed by atoms with Gasteiger partial charge in [-0.15, -0.1) is 0 Å². The zero-order valence-electron chi connectivity index (χ0n) is 12.2. The highest BCUT2D eigenvalue weighted by Gasteiger charge is 2.10. The van der Waals surface area contributed by atoms with Gasteiger partial charge in [0.1, 0.15) is 0 Å². The first-order valence-corrected chi connectivity index (χ1v) is 7.34. The van der Waals surface area contributed by atoms with Crippen molar-refractivity contribution in [2.24, 2.45) is 10.7 Å². The molecule has 0 saturated carbocycles. The summed E-state index contributed by atoms with van der Waals surface area (Å²) in [4.78, 5) is 11.0. The number of hydrogen-bond donors (Lipinski definition) is 1. The summed E-state index contributed by atoms with van der Waals surface area (Å²) in [6, 6.07) is 5.78. The average Bonchev–Trinajstić information content (AvgIpc) is 2.76. The van der Waals surface area contributed by atoms with E-state index in [2.05, 4.69) is 14.9 Å². The van der Waals surface area contributed by atoms with E-state index >= 15 is 0 Å². The van der Waals surface area contributed by atoms with Crippen LogP contribution in [0, 0.1) is 0 Å². The molecule has 0 amide bonds. The minimum atomic E-state index is 0.645. The van der Waals surface area contributed by atoms with Crippen molar-refractivity contribution in [3.05, 3.63) is 23.9 Å². The molecule has 0 aromatic carbocycles. The molecule has 1 fully saturated rings. The topological polar surface area (TPSA) is 63.7 Å². The summed E-state index contributed by atoms with van der Waals surface area (Å²) in [6.07, 6.45) is 5.82. The van der Waals surface area contributed by atoms with E-state index in [1.807, 2.05) is 18.2 Å². The van der Waals surface area contributed by atoms with Crippen LogP contribution in [0.2, 0.25) is 0 Å². The molecule has 0 spiro atoms. The van der Waals surface area contributed by atoms with Crippen LogP contribution in [-0.4, -0.2) is 42.6 Å². The molecule has 1 aromatic rings. The number of methoxy groups -OCH3 is 1. The lowest BCUT2D eigenvalue weighted by atomic mass is 10.2. The first kappa shape index (κ1) is 14.6. The number of guanidine groups is 1. The Morgan fingerprint density at radius 2 is 2.05 bits per heavy atom. The largest absolute Gasteiger partial charge is 0.481 e. The molecule has 1 aliphatic rings. The van der Waals surface area contributed by atoms with E-state index in [1.54, 1.807) is 7.11 Å². The lowest BCUT2D eigenvalue weighted by Crippen LogP contribution is -2.38. The van der Waals surface area contributed by atoms with Crippen LogP contribution in [0.15, 0.2) is 23.2 Å².